The van der Waals surface area contributed by atoms with Crippen LogP contribution in [0.1, 0.15) is 33.1 Å². The highest BCUT2D eigenvalue weighted by atomic mass is 16.2. The van der Waals surface area contributed by atoms with Crippen LogP contribution in [0, 0.1) is 5.92 Å². The van der Waals surface area contributed by atoms with Gasteiger partial charge in [-0.1, -0.05) is 13.8 Å². The van der Waals surface area contributed by atoms with Crippen molar-refractivity contribution in [1.29, 1.82) is 0 Å². The molecular weight excluding hydrogens is 234 g/mol. The fourth-order valence-electron chi connectivity index (χ4n) is 1.94. The zero-order valence-corrected chi connectivity index (χ0v) is 11.1. The van der Waals surface area contributed by atoms with Crippen LogP contribution in [0.15, 0.2) is 0 Å². The number of amides is 3. The summed E-state index contributed by atoms with van der Waals surface area (Å²) >= 11 is 0. The average Bonchev–Trinajstić information content (AvgIpc) is 2.29. The summed E-state index contributed by atoms with van der Waals surface area (Å²) in [7, 11) is 1.43. The maximum Gasteiger partial charge on any atom is 0.251 e. The molecule has 0 spiro atoms. The summed E-state index contributed by atoms with van der Waals surface area (Å²) in [6.07, 6.45) is 1.19. The molecule has 1 heterocycles. The van der Waals surface area contributed by atoms with Crippen LogP contribution in [0.25, 0.3) is 0 Å². The fraction of sp³-hybridized carbons (Fsp3) is 0.750. The summed E-state index contributed by atoms with van der Waals surface area (Å²) in [5.74, 6) is -0.588. The van der Waals surface area contributed by atoms with E-state index in [9.17, 15) is 14.4 Å². The van der Waals surface area contributed by atoms with Crippen molar-refractivity contribution in [3.05, 3.63) is 0 Å². The maximum atomic E-state index is 11.8. The number of likely N-dealkylation sites (tertiary alicyclic amines) is 1. The summed E-state index contributed by atoms with van der Waals surface area (Å²) in [4.78, 5) is 35.9. The van der Waals surface area contributed by atoms with Crippen molar-refractivity contribution in [2.24, 2.45) is 11.7 Å². The first-order valence-corrected chi connectivity index (χ1v) is 6.19. The largest absolute Gasteiger partial charge is 0.343 e. The molecule has 3 amide bonds. The lowest BCUT2D eigenvalue weighted by Gasteiger charge is -2.29. The number of nitrogens with two attached hydrogens (primary N) is 1. The Kier molecular flexibility index (Phi) is 4.84. The summed E-state index contributed by atoms with van der Waals surface area (Å²) in [6, 6.07) is -1.24. The second-order valence-corrected chi connectivity index (χ2v) is 5.13. The average molecular weight is 255 g/mol. The number of likely N-dealkylation sites (N-methyl/N-ethyl adjacent to an activating group) is 1. The first-order valence-electron chi connectivity index (χ1n) is 6.19. The Labute approximate surface area is 107 Å². The SMILES string of the molecule is CC(C)CC(N)C(=O)NC1CCC(=O)N(C)C1=O. The third-order valence-electron chi connectivity index (χ3n) is 3.03. The lowest BCUT2D eigenvalue weighted by molar-refractivity contribution is -0.149. The molecule has 2 unspecified atom stereocenters. The number of nitrogens with one attached hydrogen (secondary N) is 1. The predicted molar refractivity (Wildman–Crippen MR) is 66.4 cm³/mol. The lowest BCUT2D eigenvalue weighted by atomic mass is 10.0. The Morgan fingerprint density at radius 2 is 2.11 bits per heavy atom. The van der Waals surface area contributed by atoms with E-state index in [-0.39, 0.29) is 24.1 Å². The number of imide groups is 1. The molecule has 18 heavy (non-hydrogen) atoms. The fourth-order valence-corrected chi connectivity index (χ4v) is 1.94. The summed E-state index contributed by atoms with van der Waals surface area (Å²) in [5, 5.41) is 2.62. The van der Waals surface area contributed by atoms with Gasteiger partial charge in [-0.2, -0.15) is 0 Å². The van der Waals surface area contributed by atoms with E-state index in [0.717, 1.165) is 4.90 Å². The third kappa shape index (κ3) is 3.53. The van der Waals surface area contributed by atoms with E-state index in [4.69, 9.17) is 5.73 Å². The molecule has 0 aromatic rings. The second kappa shape index (κ2) is 5.95. The van der Waals surface area contributed by atoms with E-state index in [1.165, 1.54) is 7.05 Å². The van der Waals surface area contributed by atoms with Gasteiger partial charge in [0.05, 0.1) is 6.04 Å². The molecule has 0 radical (unpaired) electrons. The zero-order chi connectivity index (χ0) is 13.9. The molecule has 6 nitrogen and oxygen atoms in total. The Hall–Kier alpha value is -1.43. The van der Waals surface area contributed by atoms with E-state index in [1.54, 1.807) is 0 Å². The number of nitrogens with zero attached hydrogens (tertiary/aromatic N) is 1. The topological polar surface area (TPSA) is 92.5 Å². The summed E-state index contributed by atoms with van der Waals surface area (Å²) in [5.41, 5.74) is 5.74. The van der Waals surface area contributed by atoms with Gasteiger partial charge in [0.25, 0.3) is 5.91 Å². The highest BCUT2D eigenvalue weighted by Gasteiger charge is 2.33. The Morgan fingerprint density at radius 1 is 1.50 bits per heavy atom. The molecule has 1 fully saturated rings. The molecule has 0 saturated carbocycles. The normalized spacial score (nSPS) is 22.3. The van der Waals surface area contributed by atoms with Crippen molar-refractivity contribution >= 4 is 17.7 Å². The quantitative estimate of drug-likeness (QED) is 0.670. The first kappa shape index (κ1) is 14.6. The van der Waals surface area contributed by atoms with Gasteiger partial charge < -0.3 is 11.1 Å². The van der Waals surface area contributed by atoms with Crippen LogP contribution >= 0.6 is 0 Å². The van der Waals surface area contributed by atoms with Crippen LogP contribution in [0.5, 0.6) is 0 Å². The monoisotopic (exact) mass is 255 g/mol. The number of hydrogen-bond acceptors (Lipinski definition) is 4. The van der Waals surface area contributed by atoms with Crippen LogP contribution < -0.4 is 11.1 Å². The smallest absolute Gasteiger partial charge is 0.251 e. The summed E-state index contributed by atoms with van der Waals surface area (Å²) in [6.45, 7) is 3.96. The molecular formula is C12H21N3O3. The Morgan fingerprint density at radius 3 is 2.67 bits per heavy atom. The lowest BCUT2D eigenvalue weighted by Crippen LogP contribution is -2.55. The molecule has 1 saturated heterocycles. The zero-order valence-electron chi connectivity index (χ0n) is 11.1. The molecule has 1 aliphatic heterocycles. The minimum Gasteiger partial charge on any atom is -0.343 e. The minimum absolute atomic E-state index is 0.211. The molecule has 1 aliphatic rings. The third-order valence-corrected chi connectivity index (χ3v) is 3.03. The van der Waals surface area contributed by atoms with Crippen molar-refractivity contribution < 1.29 is 14.4 Å². The van der Waals surface area contributed by atoms with Gasteiger partial charge in [0.2, 0.25) is 11.8 Å². The van der Waals surface area contributed by atoms with E-state index in [0.29, 0.717) is 18.8 Å². The molecule has 3 N–H and O–H groups in total. The van der Waals surface area contributed by atoms with Crippen LogP contribution in [0.4, 0.5) is 0 Å². The van der Waals surface area contributed by atoms with Crippen molar-refractivity contribution in [3.8, 4) is 0 Å². The predicted octanol–water partition coefficient (Wildman–Crippen LogP) is -0.377. The van der Waals surface area contributed by atoms with Crippen molar-refractivity contribution in [2.45, 2.75) is 45.2 Å². The van der Waals surface area contributed by atoms with Gasteiger partial charge in [0, 0.05) is 13.5 Å². The van der Waals surface area contributed by atoms with Crippen molar-refractivity contribution in [1.82, 2.24) is 10.2 Å². The molecule has 0 aromatic heterocycles. The maximum absolute atomic E-state index is 11.8. The first-order chi connectivity index (χ1) is 8.32. The number of carbonyl (C=O) groups is 3. The van der Waals surface area contributed by atoms with Gasteiger partial charge in [-0.15, -0.1) is 0 Å². The van der Waals surface area contributed by atoms with E-state index < -0.39 is 12.1 Å². The summed E-state index contributed by atoms with van der Waals surface area (Å²) < 4.78 is 0. The van der Waals surface area contributed by atoms with Gasteiger partial charge >= 0.3 is 0 Å². The number of hydrogen-bond donors (Lipinski definition) is 2. The van der Waals surface area contributed by atoms with Gasteiger partial charge in [-0.3, -0.25) is 19.3 Å². The molecule has 2 atom stereocenters. The molecule has 102 valence electrons. The molecule has 1 rings (SSSR count). The van der Waals surface area contributed by atoms with Crippen molar-refractivity contribution in [3.63, 3.8) is 0 Å². The van der Waals surface area contributed by atoms with Gasteiger partial charge in [0.15, 0.2) is 0 Å². The minimum atomic E-state index is -0.626. The molecule has 6 heteroatoms. The van der Waals surface area contributed by atoms with Gasteiger partial charge in [-0.05, 0) is 18.8 Å². The van der Waals surface area contributed by atoms with Crippen LogP contribution in [0.3, 0.4) is 0 Å². The second-order valence-electron chi connectivity index (χ2n) is 5.13. The van der Waals surface area contributed by atoms with Gasteiger partial charge in [-0.25, -0.2) is 0 Å². The molecule has 0 bridgehead atoms. The van der Waals surface area contributed by atoms with E-state index in [2.05, 4.69) is 5.32 Å². The van der Waals surface area contributed by atoms with Crippen LogP contribution in [-0.4, -0.2) is 41.8 Å². The van der Waals surface area contributed by atoms with E-state index >= 15 is 0 Å². The van der Waals surface area contributed by atoms with E-state index in [1.807, 2.05) is 13.8 Å². The highest BCUT2D eigenvalue weighted by Crippen LogP contribution is 2.12. The number of carbonyl (C=O) groups excluding carboxylic acids is 3. The number of piperidine rings is 1. The Balaban J connectivity index is 2.54. The van der Waals surface area contributed by atoms with Crippen molar-refractivity contribution in [2.75, 3.05) is 7.05 Å². The highest BCUT2D eigenvalue weighted by molar-refractivity contribution is 6.01. The standard InChI is InChI=1S/C12H21N3O3/c1-7(2)6-8(13)11(17)14-9-4-5-10(16)15(3)12(9)18/h7-9H,4-6,13H2,1-3H3,(H,14,17). The van der Waals surface area contributed by atoms with Crippen LogP contribution in [0.2, 0.25) is 0 Å². The number of rotatable bonds is 4. The van der Waals surface area contributed by atoms with Crippen LogP contribution in [-0.2, 0) is 14.4 Å². The molecule has 0 aliphatic carbocycles. The molecule has 0 aromatic carbocycles. The van der Waals surface area contributed by atoms with Gasteiger partial charge in [0.1, 0.15) is 6.04 Å². The Bertz CT molecular complexity index is 354.